The lowest BCUT2D eigenvalue weighted by molar-refractivity contribution is -0.387. The van der Waals surface area contributed by atoms with Crippen LogP contribution in [0.1, 0.15) is 34.1 Å². The van der Waals surface area contributed by atoms with E-state index in [4.69, 9.17) is 4.74 Å². The molecule has 0 spiro atoms. The summed E-state index contributed by atoms with van der Waals surface area (Å²) in [6.45, 7) is 6.07. The monoisotopic (exact) mass is 368 g/mol. The summed E-state index contributed by atoms with van der Waals surface area (Å²) < 4.78 is 31.3. The van der Waals surface area contributed by atoms with Gasteiger partial charge in [-0.2, -0.15) is 4.31 Å². The second kappa shape index (κ2) is 7.98. The van der Waals surface area contributed by atoms with E-state index >= 15 is 0 Å². The van der Waals surface area contributed by atoms with Crippen LogP contribution in [-0.2, 0) is 14.8 Å². The number of nitro groups is 1. The summed E-state index contributed by atoms with van der Waals surface area (Å²) in [4.78, 5) is 22.1. The van der Waals surface area contributed by atoms with Crippen molar-refractivity contribution < 1.29 is 22.9 Å². The van der Waals surface area contributed by atoms with Crippen molar-refractivity contribution in [3.8, 4) is 11.8 Å². The van der Waals surface area contributed by atoms with E-state index in [0.29, 0.717) is 4.31 Å². The summed E-state index contributed by atoms with van der Waals surface area (Å²) in [7, 11) is -4.48. The molecule has 0 aliphatic heterocycles. The fourth-order valence-corrected chi connectivity index (χ4v) is 3.31. The fraction of sp³-hybridized carbons (Fsp3) is 0.438. The minimum Gasteiger partial charge on any atom is -0.443 e. The predicted molar refractivity (Wildman–Crippen MR) is 91.3 cm³/mol. The van der Waals surface area contributed by atoms with Gasteiger partial charge in [-0.05, 0) is 33.8 Å². The maximum atomic E-state index is 12.9. The van der Waals surface area contributed by atoms with Crippen LogP contribution in [-0.4, -0.2) is 35.9 Å². The normalized spacial score (nSPS) is 11.2. The maximum absolute atomic E-state index is 12.9. The third kappa shape index (κ3) is 5.46. The molecule has 0 atom stereocenters. The summed E-state index contributed by atoms with van der Waals surface area (Å²) in [5.41, 5.74) is -1.54. The first-order valence-electron chi connectivity index (χ1n) is 7.39. The zero-order valence-electron chi connectivity index (χ0n) is 14.5. The highest BCUT2D eigenvalue weighted by molar-refractivity contribution is 7.89. The number of carbonyl (C=O) groups excluding carboxylic acids is 1. The highest BCUT2D eigenvalue weighted by Crippen LogP contribution is 2.27. The van der Waals surface area contributed by atoms with Gasteiger partial charge in [-0.1, -0.05) is 12.1 Å². The molecule has 9 heteroatoms. The Morgan fingerprint density at radius 3 is 2.44 bits per heavy atom. The van der Waals surface area contributed by atoms with Crippen molar-refractivity contribution in [1.82, 2.24) is 4.31 Å². The van der Waals surface area contributed by atoms with Crippen LogP contribution in [0.2, 0.25) is 0 Å². The molecule has 136 valence electrons. The van der Waals surface area contributed by atoms with Crippen LogP contribution in [0.4, 0.5) is 10.5 Å². The number of nitro benzene ring substituents is 1. The van der Waals surface area contributed by atoms with E-state index in [-0.39, 0.29) is 13.0 Å². The van der Waals surface area contributed by atoms with Gasteiger partial charge in [-0.25, -0.2) is 13.2 Å². The maximum Gasteiger partial charge on any atom is 0.424 e. The lowest BCUT2D eigenvalue weighted by atomic mass is 10.2. The lowest BCUT2D eigenvalue weighted by Gasteiger charge is -2.26. The molecule has 0 bridgehead atoms. The second-order valence-electron chi connectivity index (χ2n) is 5.96. The fourth-order valence-electron chi connectivity index (χ4n) is 1.85. The van der Waals surface area contributed by atoms with Gasteiger partial charge in [0.05, 0.1) is 11.5 Å². The average molecular weight is 368 g/mol. The molecule has 0 heterocycles. The minimum absolute atomic E-state index is 0.0790. The van der Waals surface area contributed by atoms with Crippen molar-refractivity contribution in [2.75, 3.05) is 6.54 Å². The Kier molecular flexibility index (Phi) is 6.53. The van der Waals surface area contributed by atoms with E-state index in [0.717, 1.165) is 12.1 Å². The predicted octanol–water partition coefficient (Wildman–Crippen LogP) is 2.93. The average Bonchev–Trinajstić information content (AvgIpc) is 2.49. The van der Waals surface area contributed by atoms with Crippen molar-refractivity contribution in [3.63, 3.8) is 0 Å². The van der Waals surface area contributed by atoms with Crippen molar-refractivity contribution >= 4 is 21.8 Å². The molecular weight excluding hydrogens is 348 g/mol. The van der Waals surface area contributed by atoms with Gasteiger partial charge in [0.25, 0.3) is 15.7 Å². The smallest absolute Gasteiger partial charge is 0.424 e. The van der Waals surface area contributed by atoms with Gasteiger partial charge in [-0.3, -0.25) is 10.1 Å². The van der Waals surface area contributed by atoms with Crippen LogP contribution < -0.4 is 0 Å². The lowest BCUT2D eigenvalue weighted by Crippen LogP contribution is -2.41. The quantitative estimate of drug-likeness (QED) is 0.449. The molecule has 1 aromatic carbocycles. The Hall–Kier alpha value is -2.60. The van der Waals surface area contributed by atoms with Crippen LogP contribution in [0.15, 0.2) is 29.2 Å². The van der Waals surface area contributed by atoms with Gasteiger partial charge in [0.1, 0.15) is 5.60 Å². The number of nitrogens with zero attached hydrogens (tertiary/aromatic N) is 2. The third-order valence-corrected chi connectivity index (χ3v) is 4.66. The Morgan fingerprint density at radius 2 is 1.92 bits per heavy atom. The highest BCUT2D eigenvalue weighted by Gasteiger charge is 2.36. The van der Waals surface area contributed by atoms with E-state index in [1.54, 1.807) is 27.7 Å². The Bertz CT molecular complexity index is 815. The van der Waals surface area contributed by atoms with Crippen LogP contribution >= 0.6 is 0 Å². The van der Waals surface area contributed by atoms with Crippen molar-refractivity contribution in [2.24, 2.45) is 0 Å². The summed E-state index contributed by atoms with van der Waals surface area (Å²) in [6, 6.07) is 4.83. The van der Waals surface area contributed by atoms with Gasteiger partial charge in [0.2, 0.25) is 0 Å². The molecule has 0 unspecified atom stereocenters. The number of ether oxygens (including phenoxy) is 1. The standard InChI is InChI=1S/C16H20N2O6S/c1-5-6-9-12-17(15(19)24-16(2,3)4)25(22,23)14-11-8-7-10-13(14)18(20)21/h7-8,10-11H,9,12H2,1-4H3. The number of hydrogen-bond acceptors (Lipinski definition) is 6. The zero-order valence-corrected chi connectivity index (χ0v) is 15.3. The van der Waals surface area contributed by atoms with Crippen molar-refractivity contribution in [1.29, 1.82) is 0 Å². The summed E-state index contributed by atoms with van der Waals surface area (Å²) in [6.07, 6.45) is -1.03. The number of amides is 1. The number of hydrogen-bond donors (Lipinski definition) is 0. The van der Waals surface area contributed by atoms with Gasteiger partial charge in [0, 0.05) is 12.5 Å². The first-order chi connectivity index (χ1) is 11.5. The number of rotatable bonds is 5. The first kappa shape index (κ1) is 20.4. The van der Waals surface area contributed by atoms with E-state index in [9.17, 15) is 23.3 Å². The van der Waals surface area contributed by atoms with E-state index in [1.807, 2.05) is 0 Å². The number of carbonyl (C=O) groups is 1. The van der Waals surface area contributed by atoms with Gasteiger partial charge in [-0.15, -0.1) is 11.8 Å². The summed E-state index contributed by atoms with van der Waals surface area (Å²) >= 11 is 0. The van der Waals surface area contributed by atoms with E-state index in [2.05, 4.69) is 11.8 Å². The largest absolute Gasteiger partial charge is 0.443 e. The third-order valence-electron chi connectivity index (χ3n) is 2.84. The summed E-state index contributed by atoms with van der Waals surface area (Å²) in [5, 5.41) is 11.1. The molecule has 8 nitrogen and oxygen atoms in total. The van der Waals surface area contributed by atoms with E-state index < -0.39 is 37.2 Å². The van der Waals surface area contributed by atoms with Gasteiger partial charge >= 0.3 is 6.09 Å². The molecule has 25 heavy (non-hydrogen) atoms. The minimum atomic E-state index is -4.48. The molecular formula is C16H20N2O6S. The molecule has 1 aromatic rings. The number of sulfonamides is 1. The Labute approximate surface area is 147 Å². The highest BCUT2D eigenvalue weighted by atomic mass is 32.2. The Morgan fingerprint density at radius 1 is 1.32 bits per heavy atom. The van der Waals surface area contributed by atoms with Crippen LogP contribution in [0.5, 0.6) is 0 Å². The molecule has 0 aliphatic carbocycles. The molecule has 1 amide bonds. The van der Waals surface area contributed by atoms with E-state index in [1.165, 1.54) is 12.1 Å². The molecule has 0 N–H and O–H groups in total. The molecule has 0 fully saturated rings. The number of benzene rings is 1. The molecule has 0 aliphatic rings. The topological polar surface area (TPSA) is 107 Å². The number of para-hydroxylation sites is 1. The van der Waals surface area contributed by atoms with Crippen LogP contribution in [0, 0.1) is 22.0 Å². The van der Waals surface area contributed by atoms with Crippen LogP contribution in [0.3, 0.4) is 0 Å². The van der Waals surface area contributed by atoms with Gasteiger partial charge < -0.3 is 4.74 Å². The molecule has 0 saturated carbocycles. The second-order valence-corrected chi connectivity index (χ2v) is 7.79. The molecule has 0 aromatic heterocycles. The molecule has 1 rings (SSSR count). The molecule has 0 radical (unpaired) electrons. The van der Waals surface area contributed by atoms with Crippen molar-refractivity contribution in [3.05, 3.63) is 34.4 Å². The van der Waals surface area contributed by atoms with Crippen molar-refractivity contribution in [2.45, 2.75) is 44.6 Å². The van der Waals surface area contributed by atoms with Crippen LogP contribution in [0.25, 0.3) is 0 Å². The zero-order chi connectivity index (χ0) is 19.3. The summed E-state index contributed by atoms with van der Waals surface area (Å²) in [5.74, 6) is 5.26. The van der Waals surface area contributed by atoms with Gasteiger partial charge in [0.15, 0.2) is 4.90 Å². The SMILES string of the molecule is CC#CCCN(C(=O)OC(C)(C)C)S(=O)(=O)c1ccccc1[N+](=O)[O-]. The first-order valence-corrected chi connectivity index (χ1v) is 8.83. The Balaban J connectivity index is 3.38. The molecule has 0 saturated heterocycles.